The average molecular weight is 403 g/mol. The van der Waals surface area contributed by atoms with E-state index in [1.807, 2.05) is 18.2 Å². The lowest BCUT2D eigenvalue weighted by molar-refractivity contribution is 0.252. The standard InChI is InChI=1S/C19H20ClFN6O/c20-8-9-22-19(28)24-18-12-23-16-6-7-17(25-27(16)18)26-10-2-5-15(26)13-3-1-4-14(21)11-13/h1,3-4,6-7,11-12,15H,2,5,8-10H2,(H2,22,24,28)/t15-/m0/s1. The van der Waals surface area contributed by atoms with Crippen molar-refractivity contribution in [3.8, 4) is 0 Å². The molecule has 7 nitrogen and oxygen atoms in total. The quantitative estimate of drug-likeness (QED) is 0.640. The second kappa shape index (κ2) is 8.02. The molecule has 1 atom stereocenters. The van der Waals surface area contributed by atoms with Crippen LogP contribution in [0.25, 0.3) is 5.65 Å². The van der Waals surface area contributed by atoms with Crippen LogP contribution in [0.2, 0.25) is 0 Å². The van der Waals surface area contributed by atoms with Crippen molar-refractivity contribution in [3.05, 3.63) is 54.0 Å². The lowest BCUT2D eigenvalue weighted by atomic mass is 10.0. The molecule has 3 heterocycles. The first-order valence-electron chi connectivity index (χ1n) is 9.13. The van der Waals surface area contributed by atoms with Crippen LogP contribution in [0.15, 0.2) is 42.6 Å². The molecule has 0 aliphatic carbocycles. The number of imidazole rings is 1. The van der Waals surface area contributed by atoms with Gasteiger partial charge in [-0.2, -0.15) is 4.52 Å². The highest BCUT2D eigenvalue weighted by Crippen LogP contribution is 2.35. The summed E-state index contributed by atoms with van der Waals surface area (Å²) in [4.78, 5) is 18.4. The van der Waals surface area contributed by atoms with Gasteiger partial charge in [0.15, 0.2) is 11.5 Å². The van der Waals surface area contributed by atoms with Crippen LogP contribution in [0.1, 0.15) is 24.4 Å². The lowest BCUT2D eigenvalue weighted by Crippen LogP contribution is -2.30. The summed E-state index contributed by atoms with van der Waals surface area (Å²) in [6, 6.07) is 10.1. The van der Waals surface area contributed by atoms with Crippen LogP contribution in [0.3, 0.4) is 0 Å². The Hall–Kier alpha value is -2.87. The van der Waals surface area contributed by atoms with E-state index in [4.69, 9.17) is 11.6 Å². The number of urea groups is 1. The topological polar surface area (TPSA) is 74.6 Å². The number of rotatable bonds is 5. The number of carbonyl (C=O) groups is 1. The summed E-state index contributed by atoms with van der Waals surface area (Å²) in [7, 11) is 0. The van der Waals surface area contributed by atoms with Gasteiger partial charge in [0.05, 0.1) is 12.2 Å². The number of hydrogen-bond donors (Lipinski definition) is 2. The minimum atomic E-state index is -0.367. The number of nitrogens with zero attached hydrogens (tertiary/aromatic N) is 4. The predicted molar refractivity (Wildman–Crippen MR) is 106 cm³/mol. The van der Waals surface area contributed by atoms with E-state index in [0.717, 1.165) is 30.8 Å². The minimum absolute atomic E-state index is 0.0626. The van der Waals surface area contributed by atoms with Crippen molar-refractivity contribution in [2.45, 2.75) is 18.9 Å². The molecule has 1 aromatic carbocycles. The normalized spacial score (nSPS) is 16.5. The Labute approximate surface area is 166 Å². The maximum atomic E-state index is 13.7. The molecule has 0 saturated carbocycles. The van der Waals surface area contributed by atoms with E-state index < -0.39 is 0 Å². The number of anilines is 2. The molecule has 2 N–H and O–H groups in total. The fourth-order valence-electron chi connectivity index (χ4n) is 3.52. The number of nitrogens with one attached hydrogen (secondary N) is 2. The van der Waals surface area contributed by atoms with Crippen molar-refractivity contribution in [2.24, 2.45) is 0 Å². The Morgan fingerprint density at radius 2 is 2.21 bits per heavy atom. The number of aromatic nitrogens is 3. The largest absolute Gasteiger partial charge is 0.348 e. The molecule has 146 valence electrons. The summed E-state index contributed by atoms with van der Waals surface area (Å²) >= 11 is 5.59. The third-order valence-corrected chi connectivity index (χ3v) is 4.94. The number of halogens is 2. The number of carbonyl (C=O) groups excluding carboxylic acids is 1. The summed E-state index contributed by atoms with van der Waals surface area (Å²) in [5.74, 6) is 1.31. The SMILES string of the molecule is O=C(NCCCl)Nc1cnc2ccc(N3CCC[C@H]3c3cccc(F)c3)nn12. The molecular formula is C19H20ClFN6O. The Morgan fingerprint density at radius 3 is 3.04 bits per heavy atom. The monoisotopic (exact) mass is 402 g/mol. The molecule has 28 heavy (non-hydrogen) atoms. The van der Waals surface area contributed by atoms with E-state index in [0.29, 0.717) is 23.9 Å². The third-order valence-electron chi connectivity index (χ3n) is 4.75. The van der Waals surface area contributed by atoms with Crippen LogP contribution >= 0.6 is 11.6 Å². The zero-order valence-corrected chi connectivity index (χ0v) is 15.9. The summed E-state index contributed by atoms with van der Waals surface area (Å²) in [5.41, 5.74) is 1.56. The van der Waals surface area contributed by atoms with Crippen molar-refractivity contribution < 1.29 is 9.18 Å². The molecular weight excluding hydrogens is 383 g/mol. The Balaban J connectivity index is 1.61. The van der Waals surface area contributed by atoms with Crippen molar-refractivity contribution >= 4 is 34.9 Å². The van der Waals surface area contributed by atoms with Gasteiger partial charge in [-0.3, -0.25) is 5.32 Å². The Kier molecular flexibility index (Phi) is 5.29. The van der Waals surface area contributed by atoms with Gasteiger partial charge in [-0.1, -0.05) is 12.1 Å². The van der Waals surface area contributed by atoms with Crippen molar-refractivity contribution in [3.63, 3.8) is 0 Å². The number of alkyl halides is 1. The summed E-state index contributed by atoms with van der Waals surface area (Å²) in [6.07, 6.45) is 3.48. The van der Waals surface area contributed by atoms with Gasteiger partial charge in [-0.05, 0) is 42.7 Å². The van der Waals surface area contributed by atoms with Crippen molar-refractivity contribution in [2.75, 3.05) is 29.2 Å². The summed E-state index contributed by atoms with van der Waals surface area (Å²) in [6.45, 7) is 1.19. The zero-order chi connectivity index (χ0) is 19.5. The van der Waals surface area contributed by atoms with Crippen molar-refractivity contribution in [1.82, 2.24) is 19.9 Å². The maximum Gasteiger partial charge on any atom is 0.320 e. The third kappa shape index (κ3) is 3.73. The van der Waals surface area contributed by atoms with Gasteiger partial charge in [-0.25, -0.2) is 14.2 Å². The van der Waals surface area contributed by atoms with Crippen LogP contribution in [-0.4, -0.2) is 39.6 Å². The molecule has 0 radical (unpaired) electrons. The first-order chi connectivity index (χ1) is 13.7. The Bertz CT molecular complexity index is 993. The van der Waals surface area contributed by atoms with Gasteiger partial charge in [0.25, 0.3) is 0 Å². The van der Waals surface area contributed by atoms with Crippen LogP contribution < -0.4 is 15.5 Å². The molecule has 0 spiro atoms. The highest BCUT2D eigenvalue weighted by molar-refractivity contribution is 6.18. The second-order valence-electron chi connectivity index (χ2n) is 6.58. The molecule has 1 aliphatic heterocycles. The van der Waals surface area contributed by atoms with Gasteiger partial charge >= 0.3 is 6.03 Å². The number of hydrogen-bond acceptors (Lipinski definition) is 4. The van der Waals surface area contributed by atoms with E-state index in [1.165, 1.54) is 6.07 Å². The number of amides is 2. The zero-order valence-electron chi connectivity index (χ0n) is 15.1. The van der Waals surface area contributed by atoms with Gasteiger partial charge in [0, 0.05) is 19.0 Å². The highest BCUT2D eigenvalue weighted by Gasteiger charge is 2.28. The first kappa shape index (κ1) is 18.5. The van der Waals surface area contributed by atoms with Gasteiger partial charge < -0.3 is 10.2 Å². The van der Waals surface area contributed by atoms with Crippen LogP contribution in [0.4, 0.5) is 20.8 Å². The van der Waals surface area contributed by atoms with E-state index in [-0.39, 0.29) is 17.9 Å². The van der Waals surface area contributed by atoms with Gasteiger partial charge in [0.1, 0.15) is 11.6 Å². The minimum Gasteiger partial charge on any atom is -0.348 e. The van der Waals surface area contributed by atoms with Crippen LogP contribution in [0.5, 0.6) is 0 Å². The molecule has 1 fully saturated rings. The van der Waals surface area contributed by atoms with E-state index >= 15 is 0 Å². The maximum absolute atomic E-state index is 13.7. The van der Waals surface area contributed by atoms with Gasteiger partial charge in [0.2, 0.25) is 0 Å². The molecule has 9 heteroatoms. The van der Waals surface area contributed by atoms with E-state index in [2.05, 4.69) is 25.6 Å². The van der Waals surface area contributed by atoms with Crippen LogP contribution in [-0.2, 0) is 0 Å². The molecule has 2 amide bonds. The predicted octanol–water partition coefficient (Wildman–Crippen LogP) is 3.57. The fraction of sp³-hybridized carbons (Fsp3) is 0.316. The van der Waals surface area contributed by atoms with Crippen molar-refractivity contribution in [1.29, 1.82) is 0 Å². The number of benzene rings is 1. The molecule has 1 aliphatic rings. The molecule has 0 bridgehead atoms. The molecule has 1 saturated heterocycles. The van der Waals surface area contributed by atoms with E-state index in [9.17, 15) is 9.18 Å². The molecule has 3 aromatic rings. The molecule has 4 rings (SSSR count). The van der Waals surface area contributed by atoms with Gasteiger partial charge in [-0.15, -0.1) is 16.7 Å². The molecule has 0 unspecified atom stereocenters. The smallest absolute Gasteiger partial charge is 0.320 e. The average Bonchev–Trinajstić information content (AvgIpc) is 3.33. The Morgan fingerprint density at radius 1 is 1.32 bits per heavy atom. The first-order valence-corrected chi connectivity index (χ1v) is 9.67. The highest BCUT2D eigenvalue weighted by atomic mass is 35.5. The van der Waals surface area contributed by atoms with E-state index in [1.54, 1.807) is 22.8 Å². The molecule has 2 aromatic heterocycles. The lowest BCUT2D eigenvalue weighted by Gasteiger charge is -2.26. The number of fused-ring (bicyclic) bond motifs is 1. The summed E-state index contributed by atoms with van der Waals surface area (Å²) < 4.78 is 15.3. The second-order valence-corrected chi connectivity index (χ2v) is 6.96. The fourth-order valence-corrected chi connectivity index (χ4v) is 3.62. The summed E-state index contributed by atoms with van der Waals surface area (Å²) in [5, 5.41) is 10.0. The van der Waals surface area contributed by atoms with Crippen LogP contribution in [0, 0.1) is 5.82 Å².